The van der Waals surface area contributed by atoms with Gasteiger partial charge in [-0.05, 0) is 68.0 Å². The number of phenols is 1. The van der Waals surface area contributed by atoms with Crippen LogP contribution in [0.2, 0.25) is 0 Å². The van der Waals surface area contributed by atoms with E-state index >= 15 is 0 Å². The van der Waals surface area contributed by atoms with E-state index < -0.39 is 5.97 Å². The van der Waals surface area contributed by atoms with Crippen LogP contribution < -0.4 is 18.9 Å². The average molecular weight is 515 g/mol. The van der Waals surface area contributed by atoms with Crippen LogP contribution in [0, 0.1) is 11.8 Å². The van der Waals surface area contributed by atoms with Crippen molar-refractivity contribution >= 4 is 11.9 Å². The van der Waals surface area contributed by atoms with Gasteiger partial charge in [0.15, 0.2) is 11.5 Å². The van der Waals surface area contributed by atoms with Gasteiger partial charge in [-0.25, -0.2) is 4.79 Å². The Balaban J connectivity index is 0.00000235. The Morgan fingerprint density at radius 1 is 0.946 bits per heavy atom. The van der Waals surface area contributed by atoms with Gasteiger partial charge in [0.1, 0.15) is 17.2 Å². The van der Waals surface area contributed by atoms with Crippen molar-refractivity contribution in [2.24, 2.45) is 11.8 Å². The Morgan fingerprint density at radius 3 is 2.22 bits per heavy atom. The second kappa shape index (κ2) is 16.1. The fourth-order valence-corrected chi connectivity index (χ4v) is 3.82. The molecule has 1 N–H and O–H groups in total. The van der Waals surface area contributed by atoms with E-state index in [2.05, 4.69) is 6.58 Å². The molecular formula is C29H38O8. The molecule has 2 aromatic rings. The lowest BCUT2D eigenvalue weighted by molar-refractivity contribution is -0.140. The summed E-state index contributed by atoms with van der Waals surface area (Å²) in [6.07, 6.45) is 4.93. The van der Waals surface area contributed by atoms with Gasteiger partial charge >= 0.3 is 11.9 Å². The molecule has 1 fully saturated rings. The topological polar surface area (TPSA) is 101 Å². The Kier molecular flexibility index (Phi) is 12.9. The van der Waals surface area contributed by atoms with Crippen molar-refractivity contribution < 1.29 is 38.4 Å². The van der Waals surface area contributed by atoms with Crippen molar-refractivity contribution in [2.75, 3.05) is 26.9 Å². The van der Waals surface area contributed by atoms with E-state index in [0.29, 0.717) is 48.6 Å². The fraction of sp³-hybridized carbons (Fsp3) is 0.448. The lowest BCUT2D eigenvalue weighted by Crippen LogP contribution is -2.27. The van der Waals surface area contributed by atoms with Gasteiger partial charge in [-0.2, -0.15) is 0 Å². The van der Waals surface area contributed by atoms with Crippen molar-refractivity contribution in [3.05, 3.63) is 55.1 Å². The molecule has 0 unspecified atom stereocenters. The van der Waals surface area contributed by atoms with Gasteiger partial charge in [-0.3, -0.25) is 4.79 Å². The molecule has 0 aromatic heterocycles. The van der Waals surface area contributed by atoms with Gasteiger partial charge in [0.25, 0.3) is 0 Å². The molecule has 0 saturated heterocycles. The number of methoxy groups -OCH3 is 1. The van der Waals surface area contributed by atoms with Gasteiger partial charge in [-0.1, -0.05) is 20.4 Å². The van der Waals surface area contributed by atoms with Crippen LogP contribution in [-0.4, -0.2) is 44.0 Å². The van der Waals surface area contributed by atoms with Crippen molar-refractivity contribution in [1.29, 1.82) is 0 Å². The highest BCUT2D eigenvalue weighted by molar-refractivity contribution is 5.81. The summed E-state index contributed by atoms with van der Waals surface area (Å²) in [4.78, 5) is 23.6. The van der Waals surface area contributed by atoms with E-state index in [1.165, 1.54) is 7.11 Å². The molecule has 0 radical (unpaired) electrons. The van der Waals surface area contributed by atoms with E-state index in [9.17, 15) is 14.7 Å². The molecular weight excluding hydrogens is 476 g/mol. The third-order valence-electron chi connectivity index (χ3n) is 5.83. The van der Waals surface area contributed by atoms with Crippen LogP contribution in [0.5, 0.6) is 28.7 Å². The number of benzene rings is 2. The van der Waals surface area contributed by atoms with Crippen molar-refractivity contribution in [3.8, 4) is 28.7 Å². The van der Waals surface area contributed by atoms with Crippen LogP contribution in [0.4, 0.5) is 0 Å². The Hall–Kier alpha value is -3.68. The maximum atomic E-state index is 12.6. The van der Waals surface area contributed by atoms with Gasteiger partial charge in [0.05, 0.1) is 32.8 Å². The molecule has 0 amide bonds. The number of hydrogen-bond donors (Lipinski definition) is 1. The minimum absolute atomic E-state index is 0.0441. The van der Waals surface area contributed by atoms with Crippen LogP contribution in [0.1, 0.15) is 46.0 Å². The van der Waals surface area contributed by atoms with Crippen LogP contribution in [-0.2, 0) is 14.3 Å². The van der Waals surface area contributed by atoms with Crippen LogP contribution >= 0.6 is 0 Å². The summed E-state index contributed by atoms with van der Waals surface area (Å²) in [5, 5.41) is 9.86. The lowest BCUT2D eigenvalue weighted by Gasteiger charge is -2.27. The third kappa shape index (κ3) is 10.1. The molecule has 8 heteroatoms. The summed E-state index contributed by atoms with van der Waals surface area (Å²) in [5.74, 6) is 1.70. The van der Waals surface area contributed by atoms with E-state index in [1.807, 2.05) is 13.8 Å². The predicted molar refractivity (Wildman–Crippen MR) is 140 cm³/mol. The van der Waals surface area contributed by atoms with E-state index in [1.54, 1.807) is 42.5 Å². The molecule has 1 aliphatic carbocycles. The standard InChI is InChI=1S/C27H32O8.C2H6/c1-3-26(29)33-16-4-15-32-21-9-11-22(12-10-21)35-27(30)20-7-5-19(6-8-20)18-34-23-13-14-25(31-2)24(28)17-23;1-2/h3,9-14,17,19-20,28H,1,4-8,15-16,18H2,2H3;1-2H3. The molecule has 0 spiro atoms. The zero-order chi connectivity index (χ0) is 27.0. The second-order valence-electron chi connectivity index (χ2n) is 8.33. The number of phenolic OH excluding ortho intramolecular Hbond substituents is 1. The number of rotatable bonds is 12. The van der Waals surface area contributed by atoms with Gasteiger partial charge in [-0.15, -0.1) is 0 Å². The highest BCUT2D eigenvalue weighted by Crippen LogP contribution is 2.33. The molecule has 0 bridgehead atoms. The monoisotopic (exact) mass is 514 g/mol. The summed E-state index contributed by atoms with van der Waals surface area (Å²) in [6, 6.07) is 11.9. The first-order valence-electron chi connectivity index (χ1n) is 12.7. The SMILES string of the molecule is C=CC(=O)OCCCOc1ccc(OC(=O)C2CCC(COc3ccc(OC)c(O)c3)CC2)cc1.CC. The molecule has 202 valence electrons. The molecule has 3 rings (SSSR count). The molecule has 0 heterocycles. The Labute approximate surface area is 219 Å². The van der Waals surface area contributed by atoms with E-state index in [-0.39, 0.29) is 24.2 Å². The molecule has 1 aliphatic rings. The van der Waals surface area contributed by atoms with Crippen molar-refractivity contribution in [3.63, 3.8) is 0 Å². The van der Waals surface area contributed by atoms with Crippen LogP contribution in [0.15, 0.2) is 55.1 Å². The van der Waals surface area contributed by atoms with Gasteiger partial charge in [0, 0.05) is 18.6 Å². The number of ether oxygens (including phenoxy) is 5. The van der Waals surface area contributed by atoms with Crippen molar-refractivity contribution in [2.45, 2.75) is 46.0 Å². The maximum Gasteiger partial charge on any atom is 0.330 e. The minimum Gasteiger partial charge on any atom is -0.504 e. The summed E-state index contributed by atoms with van der Waals surface area (Å²) >= 11 is 0. The highest BCUT2D eigenvalue weighted by Gasteiger charge is 2.28. The van der Waals surface area contributed by atoms with Crippen LogP contribution in [0.3, 0.4) is 0 Å². The van der Waals surface area contributed by atoms with Crippen LogP contribution in [0.25, 0.3) is 0 Å². The summed E-state index contributed by atoms with van der Waals surface area (Å²) in [6.45, 7) is 8.53. The molecule has 1 saturated carbocycles. The summed E-state index contributed by atoms with van der Waals surface area (Å²) in [5.41, 5.74) is 0. The number of carbonyl (C=O) groups is 2. The number of aromatic hydroxyl groups is 1. The molecule has 0 atom stereocenters. The quantitative estimate of drug-likeness (QED) is 0.166. The Bertz CT molecular complexity index is 978. The number of esters is 2. The summed E-state index contributed by atoms with van der Waals surface area (Å²) in [7, 11) is 1.50. The first-order valence-corrected chi connectivity index (χ1v) is 12.7. The van der Waals surface area contributed by atoms with Crippen molar-refractivity contribution in [1.82, 2.24) is 0 Å². The molecule has 2 aromatic carbocycles. The third-order valence-corrected chi connectivity index (χ3v) is 5.83. The van der Waals surface area contributed by atoms with Gasteiger partial charge in [0.2, 0.25) is 0 Å². The molecule has 37 heavy (non-hydrogen) atoms. The van der Waals surface area contributed by atoms with Gasteiger partial charge < -0.3 is 28.8 Å². The average Bonchev–Trinajstić information content (AvgIpc) is 2.94. The zero-order valence-electron chi connectivity index (χ0n) is 21.9. The smallest absolute Gasteiger partial charge is 0.330 e. The largest absolute Gasteiger partial charge is 0.504 e. The summed E-state index contributed by atoms with van der Waals surface area (Å²) < 4.78 is 26.9. The predicted octanol–water partition coefficient (Wildman–Crippen LogP) is 5.72. The highest BCUT2D eigenvalue weighted by atomic mass is 16.5. The maximum absolute atomic E-state index is 12.6. The molecule has 8 nitrogen and oxygen atoms in total. The first kappa shape index (κ1) is 29.5. The number of carbonyl (C=O) groups excluding carboxylic acids is 2. The molecule has 0 aliphatic heterocycles. The lowest BCUT2D eigenvalue weighted by atomic mass is 9.82. The van der Waals surface area contributed by atoms with E-state index in [4.69, 9.17) is 23.7 Å². The Morgan fingerprint density at radius 2 is 1.59 bits per heavy atom. The zero-order valence-corrected chi connectivity index (χ0v) is 21.9. The minimum atomic E-state index is -0.451. The number of hydrogen-bond acceptors (Lipinski definition) is 8. The second-order valence-corrected chi connectivity index (χ2v) is 8.33. The first-order chi connectivity index (χ1) is 18.0. The van der Waals surface area contributed by atoms with E-state index in [0.717, 1.165) is 31.8 Å². The normalized spacial score (nSPS) is 16.4. The fourth-order valence-electron chi connectivity index (χ4n) is 3.82.